The zero-order chi connectivity index (χ0) is 104. The molecule has 66 heteroatoms. The molecule has 0 aliphatic carbocycles. The Balaban J connectivity index is 0.793. The number of nitrogens with zero attached hydrogens (tertiary/aromatic N) is 10. The maximum Gasteiger partial charge on any atom is 0.472 e. The number of nitrogens with one attached hydrogen (secondary N) is 3. The second-order valence-electron chi connectivity index (χ2n) is 33.1. The molecule has 11 unspecified atom stereocenters. The molecule has 6 aliphatic rings. The summed E-state index contributed by atoms with van der Waals surface area (Å²) in [7, 11) is -5.20. The normalized spacial score (nSPS) is 29.4. The quantitative estimate of drug-likeness (QED) is 0.0127. The monoisotopic (exact) mass is 2180 g/mol. The molecule has 7 aromatic heterocycles. The third kappa shape index (κ3) is 27.6. The Morgan fingerprint density at radius 3 is 1.20 bits per heavy atom. The highest BCUT2D eigenvalue weighted by Crippen LogP contribution is 2.60. The lowest BCUT2D eigenvalue weighted by molar-refractivity contribution is -0.0853. The summed E-state index contributed by atoms with van der Waals surface area (Å²) in [4.78, 5) is 179. The molecule has 0 amide bonds. The molecule has 0 radical (unpaired) electrons. The van der Waals surface area contributed by atoms with Gasteiger partial charge in [-0.2, -0.15) is 9.97 Å². The lowest BCUT2D eigenvalue weighted by Crippen LogP contribution is -2.42. The zero-order valence-electron chi connectivity index (χ0n) is 78.5. The number of H-pyrrole nitrogens is 3. The lowest BCUT2D eigenvalue weighted by atomic mass is 10.1. The first-order valence-corrected chi connectivity index (χ1v) is 54.8. The van der Waals surface area contributed by atoms with Gasteiger partial charge >= 0.3 is 64.3 Å². The van der Waals surface area contributed by atoms with Crippen molar-refractivity contribution in [3.8, 4) is 0 Å². The Kier molecular flexibility index (Phi) is 38.9. The van der Waals surface area contributed by atoms with Crippen molar-refractivity contribution in [2.75, 3.05) is 152 Å². The van der Waals surface area contributed by atoms with Gasteiger partial charge in [-0.1, -0.05) is 19.2 Å². The Labute approximate surface area is 826 Å². The fourth-order valence-corrected chi connectivity index (χ4v) is 22.5. The third-order valence-electron chi connectivity index (χ3n) is 23.3. The summed E-state index contributed by atoms with van der Waals surface area (Å²) >= 11 is 15.6. The van der Waals surface area contributed by atoms with Gasteiger partial charge in [-0.05, 0) is 70.7 Å². The number of fused-ring (bicyclic) bond motifs is 1. The number of imidazole rings is 1. The SMILES string of the molecule is CC[C@H]1O[C@@H](n2cc(C)c(=O)[nH]c2=O)CC1OP(O)(=S)OC[C@H]1O[C@@H](n2cc(C)c(N)nc2=O)[C@@H](OCCOC)C1OP(=O)(O)OC[C@H]1O[C@@H](n2cc(C)c(=O)[nH]c2=O)[C@@H](OCCOC)C1OP(=O)(O)OC[C@H]1O[C@@H](n2cc(C)c(=O)[nH]c2=O)[C@@H](OCCOC)C1OP(=O)(S)OC[C@H]1O[C@@H](n2cc(C)c(N)nc2=O)[C@@H](OCCOC)C1OP(O)(=S)OC[C@H]1O[C@@H](n2cnc3c(N)ccnc32)[C@@H](OCCOC)C1O. The van der Waals surface area contributed by atoms with Crippen LogP contribution in [0.2, 0.25) is 0 Å². The van der Waals surface area contributed by atoms with Crippen LogP contribution in [0.4, 0.5) is 17.3 Å². The number of pyridine rings is 1. The van der Waals surface area contributed by atoms with Gasteiger partial charge in [0.05, 0.1) is 123 Å². The molecular formula is C77H113N16O42P5S3. The number of methoxy groups -OCH3 is 5. The van der Waals surface area contributed by atoms with Gasteiger partial charge in [0.15, 0.2) is 36.8 Å². The Morgan fingerprint density at radius 2 is 0.776 bits per heavy atom. The number of aryl methyl sites for hydroxylation is 5. The van der Waals surface area contributed by atoms with E-state index in [1.54, 1.807) is 6.92 Å². The highest BCUT2D eigenvalue weighted by molar-refractivity contribution is 8.44. The fourth-order valence-electron chi connectivity index (χ4n) is 16.2. The number of ether oxygens (including phenoxy) is 16. The van der Waals surface area contributed by atoms with Gasteiger partial charge in [0.2, 0.25) is 0 Å². The highest BCUT2D eigenvalue weighted by atomic mass is 32.7. The molecule has 0 spiro atoms. The molecule has 143 heavy (non-hydrogen) atoms. The van der Waals surface area contributed by atoms with Crippen LogP contribution in [0.15, 0.2) is 87.9 Å². The van der Waals surface area contributed by atoms with E-state index in [0.29, 0.717) is 5.52 Å². The van der Waals surface area contributed by atoms with Crippen molar-refractivity contribution < 1.29 is 159 Å². The van der Waals surface area contributed by atoms with Crippen LogP contribution < -0.4 is 62.3 Å². The number of nitrogen functional groups attached to an aromatic ring is 3. The van der Waals surface area contributed by atoms with Crippen molar-refractivity contribution >= 4 is 100 Å². The molecule has 0 bridgehead atoms. The maximum absolute atomic E-state index is 15.6. The number of aliphatic hydroxyl groups excluding tert-OH is 1. The number of nitrogens with two attached hydrogens (primary N) is 3. The van der Waals surface area contributed by atoms with E-state index in [1.165, 1.54) is 112 Å². The van der Waals surface area contributed by atoms with Gasteiger partial charge in [-0.15, -0.1) is 0 Å². The number of aromatic amines is 3. The van der Waals surface area contributed by atoms with Crippen molar-refractivity contribution in [3.05, 3.63) is 161 Å². The van der Waals surface area contributed by atoms with Crippen LogP contribution in [0.3, 0.4) is 0 Å². The number of rotatable bonds is 52. The Bertz CT molecular complexity index is 6360. The van der Waals surface area contributed by atoms with Gasteiger partial charge in [0, 0.05) is 107 Å². The lowest BCUT2D eigenvalue weighted by Gasteiger charge is -2.30. The summed E-state index contributed by atoms with van der Waals surface area (Å²) in [6.45, 7) is -13.3. The first kappa shape index (κ1) is 113. The summed E-state index contributed by atoms with van der Waals surface area (Å²) in [5, 5.41) is 11.9. The topological polar surface area (TPSA) is 735 Å². The first-order valence-electron chi connectivity index (χ1n) is 44.0. The van der Waals surface area contributed by atoms with Gasteiger partial charge in [-0.25, -0.2) is 47.6 Å². The first-order chi connectivity index (χ1) is 67.8. The van der Waals surface area contributed by atoms with Crippen LogP contribution >= 0.6 is 48.1 Å². The summed E-state index contributed by atoms with van der Waals surface area (Å²) < 4.78 is 208. The molecular weight excluding hydrogens is 2070 g/mol. The minimum absolute atomic E-state index is 0.0454. The number of hydrogen-bond acceptors (Lipinski definition) is 47. The largest absolute Gasteiger partial charge is 0.472 e. The molecule has 13 heterocycles. The van der Waals surface area contributed by atoms with Gasteiger partial charge < -0.3 is 131 Å². The van der Waals surface area contributed by atoms with Gasteiger partial charge in [0.25, 0.3) is 16.7 Å². The minimum Gasteiger partial charge on any atom is -0.397 e. The van der Waals surface area contributed by atoms with E-state index in [-0.39, 0.29) is 116 Å². The maximum atomic E-state index is 15.6. The molecule has 6 saturated heterocycles. The average molecular weight is 2190 g/mol. The summed E-state index contributed by atoms with van der Waals surface area (Å²) in [6, 6.07) is 1.53. The van der Waals surface area contributed by atoms with Crippen molar-refractivity contribution in [2.45, 2.75) is 196 Å². The number of thiol groups is 1. The van der Waals surface area contributed by atoms with Crippen molar-refractivity contribution in [1.29, 1.82) is 0 Å². The summed E-state index contributed by atoms with van der Waals surface area (Å²) in [5.74, 6) is -0.381. The molecule has 7 aromatic rings. The minimum atomic E-state index is -5.99. The fraction of sp³-hybridized carbons (Fsp3) is 0.662. The standard InChI is InChI=1S/C77H113N16O42P5S3/c1-12-43-44(25-50(125-43)88-28-39(4)65(95)85-75(88)100)131-138(107,141)123-34-48-54(59(117-22-17-112-9)69(129-48)89-26-37(2)62(79)83-73(89)98)133-136(103,104)120-32-46-53(58(116-21-16-111-8)70(127-46)91-29-40(5)66(96)86-76(91)101)132-137(105,106)121-33-47-55(60(118-23-18-113-10)72(128-47)92-30-41(6)67(97)87-77(92)102)134-140(109,143)124-35-49-56(61(119-24-19-114-11)71(130-49)90-27-38(3)63(80)84-74(90)99)135-139(108,142)122-31-45-52(94)57(115-20-15-110-7)68(126-45)93-36-82-51-42(78)13-14-81-64(51)93/h13-14,26-30,36,43-50,52-61,68-72,94H,12,15-25,31-35H2,1-11H3,(H2,78,81)(H,103,104)(H,105,106)(H,107,141)(H,108,142)(H,109,143)(H2,79,83,98)(H2,80,84,99)(H,85,95,100)(H,86,96,101)(H,87,97,102)/t43-,44?,45-,46-,47-,48-,49-,50-,52?,53?,54?,55?,56?,57+,58+,59+,60+,61+,68-,69-,70-,71-,72-,138?,139?,140?/m1/s1. The predicted octanol–water partition coefficient (Wildman–Crippen LogP) is -0.731. The third-order valence-corrected chi connectivity index (χ3v) is 30.0. The predicted molar refractivity (Wildman–Crippen MR) is 501 cm³/mol. The summed E-state index contributed by atoms with van der Waals surface area (Å²) in [5.41, 5.74) is 12.0. The van der Waals surface area contributed by atoms with Crippen LogP contribution in [-0.2, 0) is 158 Å². The smallest absolute Gasteiger partial charge is 0.397 e. The number of aromatic nitrogens is 13. The number of phosphoric ester groups is 2. The van der Waals surface area contributed by atoms with Crippen LogP contribution in [0.25, 0.3) is 11.2 Å². The number of phosphoric acid groups is 2. The molecule has 13 rings (SSSR count). The Hall–Kier alpha value is -7.08. The van der Waals surface area contributed by atoms with Crippen LogP contribution in [0.5, 0.6) is 0 Å². The van der Waals surface area contributed by atoms with Crippen molar-refractivity contribution in [1.82, 2.24) is 62.3 Å². The van der Waals surface area contributed by atoms with E-state index in [1.807, 2.05) is 0 Å². The van der Waals surface area contributed by atoms with Crippen molar-refractivity contribution in [2.24, 2.45) is 0 Å². The van der Waals surface area contributed by atoms with E-state index in [4.69, 9.17) is 162 Å². The number of aliphatic hydroxyl groups is 1. The van der Waals surface area contributed by atoms with Crippen LogP contribution in [0.1, 0.15) is 85.0 Å². The Morgan fingerprint density at radius 1 is 0.427 bits per heavy atom. The molecule has 6 aliphatic heterocycles. The van der Waals surface area contributed by atoms with Crippen LogP contribution in [-0.4, -0.2) is 325 Å². The van der Waals surface area contributed by atoms with Gasteiger partial charge in [0.1, 0.15) is 115 Å². The highest BCUT2D eigenvalue weighted by Gasteiger charge is 2.59. The molecule has 0 aromatic carbocycles. The number of hydrogen-bond donors (Lipinski definition) is 12. The average Bonchev–Trinajstić information content (AvgIpc) is 1.59. The van der Waals surface area contributed by atoms with E-state index in [2.05, 4.69) is 47.1 Å². The molecule has 796 valence electrons. The molecule has 28 atom stereocenters. The van der Waals surface area contributed by atoms with E-state index < -0.39 is 268 Å². The van der Waals surface area contributed by atoms with E-state index in [9.17, 15) is 63.0 Å². The second kappa shape index (κ2) is 49.1. The van der Waals surface area contributed by atoms with Gasteiger partial charge in [-0.3, -0.25) is 88.4 Å². The zero-order valence-corrected chi connectivity index (χ0v) is 85.5. The summed E-state index contributed by atoms with van der Waals surface area (Å²) in [6.07, 6.45) is -29.0. The van der Waals surface area contributed by atoms with Crippen molar-refractivity contribution in [3.63, 3.8) is 0 Å². The molecule has 58 nitrogen and oxygen atoms in total. The molecule has 14 N–H and O–H groups in total. The molecule has 6 fully saturated rings. The molecule has 0 saturated carbocycles. The van der Waals surface area contributed by atoms with Crippen LogP contribution in [0, 0.1) is 34.6 Å². The number of anilines is 3. The van der Waals surface area contributed by atoms with E-state index in [0.717, 1.165) is 35.2 Å². The second-order valence-corrected chi connectivity index (χ2v) is 44.4. The van der Waals surface area contributed by atoms with E-state index >= 15 is 13.7 Å².